The number of rotatable bonds is 6. The highest BCUT2D eigenvalue weighted by molar-refractivity contribution is 5.59. The SMILES string of the molecule is O=C(OCC(F)(F)C(F)F)OCC(F)(F)C(F)F. The molecule has 0 atom stereocenters. The third-order valence-corrected chi connectivity index (χ3v) is 1.40. The van der Waals surface area contributed by atoms with Crippen LogP contribution in [-0.2, 0) is 9.47 Å². The molecule has 0 amide bonds. The predicted molar refractivity (Wildman–Crippen MR) is 39.2 cm³/mol. The first-order valence-electron chi connectivity index (χ1n) is 4.10. The van der Waals surface area contributed by atoms with Crippen molar-refractivity contribution < 1.29 is 49.4 Å². The zero-order valence-corrected chi connectivity index (χ0v) is 8.32. The first-order valence-corrected chi connectivity index (χ1v) is 4.10. The fraction of sp³-hybridized carbons (Fsp3) is 0.857. The Morgan fingerprint density at radius 1 is 0.833 bits per heavy atom. The van der Waals surface area contributed by atoms with E-state index in [1.807, 2.05) is 0 Å². The van der Waals surface area contributed by atoms with Crippen LogP contribution in [0.15, 0.2) is 0 Å². The summed E-state index contributed by atoms with van der Waals surface area (Å²) in [5.74, 6) is -9.38. The number of carbonyl (C=O) groups excluding carboxylic acids is 1. The summed E-state index contributed by atoms with van der Waals surface area (Å²) in [5.41, 5.74) is 0. The van der Waals surface area contributed by atoms with Gasteiger partial charge in [-0.3, -0.25) is 0 Å². The molecule has 0 rings (SSSR count). The summed E-state index contributed by atoms with van der Waals surface area (Å²) in [6, 6.07) is 0. The zero-order valence-electron chi connectivity index (χ0n) is 8.32. The van der Waals surface area contributed by atoms with E-state index >= 15 is 0 Å². The molecule has 108 valence electrons. The summed E-state index contributed by atoms with van der Waals surface area (Å²) in [5, 5.41) is 0. The highest BCUT2D eigenvalue weighted by Crippen LogP contribution is 2.24. The smallest absolute Gasteiger partial charge is 0.428 e. The molecular formula is C7H6F8O3. The third-order valence-electron chi connectivity index (χ3n) is 1.40. The van der Waals surface area contributed by atoms with Crippen molar-refractivity contribution in [1.29, 1.82) is 0 Å². The van der Waals surface area contributed by atoms with Crippen molar-refractivity contribution in [2.75, 3.05) is 13.2 Å². The molecule has 0 fully saturated rings. The molecule has 11 heteroatoms. The van der Waals surface area contributed by atoms with Gasteiger partial charge in [-0.15, -0.1) is 0 Å². The third kappa shape index (κ3) is 5.36. The van der Waals surface area contributed by atoms with Crippen LogP contribution in [0.5, 0.6) is 0 Å². The summed E-state index contributed by atoms with van der Waals surface area (Å²) in [6.45, 7) is -4.24. The summed E-state index contributed by atoms with van der Waals surface area (Å²) in [6.07, 6.45) is -10.5. The van der Waals surface area contributed by atoms with Crippen molar-refractivity contribution in [2.45, 2.75) is 24.7 Å². The van der Waals surface area contributed by atoms with Gasteiger partial charge in [0.25, 0.3) is 0 Å². The van der Waals surface area contributed by atoms with Gasteiger partial charge in [0.1, 0.15) is 0 Å². The van der Waals surface area contributed by atoms with Crippen molar-refractivity contribution in [2.24, 2.45) is 0 Å². The highest BCUT2D eigenvalue weighted by Gasteiger charge is 2.44. The first kappa shape index (κ1) is 16.7. The van der Waals surface area contributed by atoms with Crippen LogP contribution in [0.1, 0.15) is 0 Å². The van der Waals surface area contributed by atoms with Crippen LogP contribution < -0.4 is 0 Å². The summed E-state index contributed by atoms with van der Waals surface area (Å²) >= 11 is 0. The largest absolute Gasteiger partial charge is 0.508 e. The van der Waals surface area contributed by atoms with Crippen molar-refractivity contribution in [1.82, 2.24) is 0 Å². The minimum absolute atomic E-state index is 2.12. The number of carbonyl (C=O) groups is 1. The number of alkyl halides is 8. The molecule has 0 unspecified atom stereocenters. The molecule has 0 N–H and O–H groups in total. The van der Waals surface area contributed by atoms with E-state index in [9.17, 15) is 39.9 Å². The van der Waals surface area contributed by atoms with Gasteiger partial charge >= 0.3 is 30.9 Å². The molecule has 0 heterocycles. The van der Waals surface area contributed by atoms with Gasteiger partial charge in [-0.05, 0) is 0 Å². The Bertz CT molecular complexity index is 254. The van der Waals surface area contributed by atoms with Crippen LogP contribution in [0.2, 0.25) is 0 Å². The standard InChI is InChI=1S/C7H6F8O3/c8-3(9)6(12,13)1-17-5(16)18-2-7(14,15)4(10)11/h3-4H,1-2H2. The molecule has 0 saturated heterocycles. The van der Waals surface area contributed by atoms with Gasteiger partial charge in [0.2, 0.25) is 0 Å². The number of hydrogen-bond acceptors (Lipinski definition) is 3. The van der Waals surface area contributed by atoms with E-state index < -0.39 is 44.1 Å². The first-order chi connectivity index (χ1) is 7.99. The lowest BCUT2D eigenvalue weighted by Crippen LogP contribution is -2.36. The second-order valence-corrected chi connectivity index (χ2v) is 2.95. The lowest BCUT2D eigenvalue weighted by atomic mass is 10.4. The molecule has 0 aromatic heterocycles. The second kappa shape index (κ2) is 6.05. The number of ether oxygens (including phenoxy) is 2. The van der Waals surface area contributed by atoms with E-state index in [1.54, 1.807) is 0 Å². The van der Waals surface area contributed by atoms with E-state index in [1.165, 1.54) is 0 Å². The van der Waals surface area contributed by atoms with E-state index in [0.29, 0.717) is 0 Å². The number of halogens is 8. The average molecular weight is 290 g/mol. The second-order valence-electron chi connectivity index (χ2n) is 2.95. The van der Waals surface area contributed by atoms with Gasteiger partial charge in [-0.2, -0.15) is 17.6 Å². The Morgan fingerprint density at radius 3 is 1.33 bits per heavy atom. The van der Waals surface area contributed by atoms with E-state index in [-0.39, 0.29) is 0 Å². The van der Waals surface area contributed by atoms with E-state index in [0.717, 1.165) is 0 Å². The fourth-order valence-corrected chi connectivity index (χ4v) is 0.478. The summed E-state index contributed by atoms with van der Waals surface area (Å²) in [4.78, 5) is 10.4. The van der Waals surface area contributed by atoms with Crippen molar-refractivity contribution in [3.05, 3.63) is 0 Å². The van der Waals surface area contributed by atoms with Crippen molar-refractivity contribution >= 4 is 6.16 Å². The predicted octanol–water partition coefficient (Wildman–Crippen LogP) is 2.94. The fourth-order valence-electron chi connectivity index (χ4n) is 0.478. The molecule has 0 aromatic carbocycles. The van der Waals surface area contributed by atoms with Gasteiger partial charge < -0.3 is 9.47 Å². The molecule has 0 bridgehead atoms. The van der Waals surface area contributed by atoms with Gasteiger partial charge in [0.05, 0.1) is 0 Å². The molecule has 0 spiro atoms. The maximum atomic E-state index is 12.2. The molecule has 0 saturated carbocycles. The summed E-state index contributed by atoms with van der Waals surface area (Å²) in [7, 11) is 0. The normalized spacial score (nSPS) is 13.0. The molecule has 0 aliphatic carbocycles. The van der Waals surface area contributed by atoms with Gasteiger partial charge in [0, 0.05) is 0 Å². The van der Waals surface area contributed by atoms with Crippen molar-refractivity contribution in [3.8, 4) is 0 Å². The molecular weight excluding hydrogens is 284 g/mol. The lowest BCUT2D eigenvalue weighted by Gasteiger charge is -2.17. The monoisotopic (exact) mass is 290 g/mol. The Kier molecular flexibility index (Phi) is 5.61. The molecule has 0 aromatic rings. The quantitative estimate of drug-likeness (QED) is 0.557. The Hall–Kier alpha value is -1.29. The molecule has 0 aliphatic rings. The van der Waals surface area contributed by atoms with E-state index in [2.05, 4.69) is 9.47 Å². The van der Waals surface area contributed by atoms with Crippen LogP contribution in [-0.4, -0.2) is 44.1 Å². The maximum Gasteiger partial charge on any atom is 0.508 e. The van der Waals surface area contributed by atoms with Gasteiger partial charge in [-0.1, -0.05) is 0 Å². The number of hydrogen-bond donors (Lipinski definition) is 0. The maximum absolute atomic E-state index is 12.2. The van der Waals surface area contributed by atoms with Crippen LogP contribution >= 0.6 is 0 Å². The molecule has 0 aliphatic heterocycles. The minimum Gasteiger partial charge on any atom is -0.428 e. The van der Waals surface area contributed by atoms with Crippen LogP contribution in [0.4, 0.5) is 39.9 Å². The Labute approximate surface area is 94.6 Å². The zero-order chi connectivity index (χ0) is 14.6. The topological polar surface area (TPSA) is 35.5 Å². The van der Waals surface area contributed by atoms with Crippen LogP contribution in [0.3, 0.4) is 0 Å². The summed E-state index contributed by atoms with van der Waals surface area (Å²) < 4.78 is 102. The van der Waals surface area contributed by atoms with Crippen molar-refractivity contribution in [3.63, 3.8) is 0 Å². The molecule has 3 nitrogen and oxygen atoms in total. The Morgan fingerprint density at radius 2 is 1.11 bits per heavy atom. The minimum atomic E-state index is -4.69. The highest BCUT2D eigenvalue weighted by atomic mass is 19.3. The van der Waals surface area contributed by atoms with Gasteiger partial charge in [-0.25, -0.2) is 22.4 Å². The average Bonchev–Trinajstić information content (AvgIpc) is 2.23. The Balaban J connectivity index is 4.08. The van der Waals surface area contributed by atoms with Crippen LogP contribution in [0.25, 0.3) is 0 Å². The van der Waals surface area contributed by atoms with Gasteiger partial charge in [0.15, 0.2) is 13.2 Å². The van der Waals surface area contributed by atoms with E-state index in [4.69, 9.17) is 0 Å². The van der Waals surface area contributed by atoms with Crippen LogP contribution in [0, 0.1) is 0 Å². The molecule has 18 heavy (non-hydrogen) atoms. The lowest BCUT2D eigenvalue weighted by molar-refractivity contribution is -0.173. The molecule has 0 radical (unpaired) electrons.